The van der Waals surface area contributed by atoms with E-state index in [0.717, 1.165) is 42.6 Å². The van der Waals surface area contributed by atoms with E-state index >= 15 is 0 Å². The number of hydrazone groups is 1. The van der Waals surface area contributed by atoms with Crippen LogP contribution in [0, 0.1) is 11.8 Å². The molecule has 1 aromatic heterocycles. The zero-order chi connectivity index (χ0) is 18.8. The van der Waals surface area contributed by atoms with E-state index in [2.05, 4.69) is 4.98 Å². The van der Waals surface area contributed by atoms with E-state index in [0.29, 0.717) is 11.5 Å². The number of benzene rings is 1. The van der Waals surface area contributed by atoms with Gasteiger partial charge in [-0.05, 0) is 43.2 Å². The zero-order valence-electron chi connectivity index (χ0n) is 15.6. The van der Waals surface area contributed by atoms with Crippen LogP contribution in [0.4, 0.5) is 5.69 Å². The number of carbonyl (C=O) groups is 1. The Labute approximate surface area is 158 Å². The number of rotatable bonds is 4. The normalized spacial score (nSPS) is 22.1. The minimum Gasteiger partial charge on any atom is -0.493 e. The average Bonchev–Trinajstić information content (AvgIpc) is 2.74. The lowest BCUT2D eigenvalue weighted by Gasteiger charge is -2.38. The summed E-state index contributed by atoms with van der Waals surface area (Å²) in [5.74, 6) is 1.53. The summed E-state index contributed by atoms with van der Waals surface area (Å²) < 4.78 is 10.8. The van der Waals surface area contributed by atoms with Crippen molar-refractivity contribution >= 4 is 17.3 Å². The molecule has 4 rings (SSSR count). The first kappa shape index (κ1) is 17.5. The van der Waals surface area contributed by atoms with Crippen LogP contribution < -0.4 is 14.5 Å². The van der Waals surface area contributed by atoms with E-state index < -0.39 is 0 Å². The molecule has 0 bridgehead atoms. The molecule has 0 saturated heterocycles. The summed E-state index contributed by atoms with van der Waals surface area (Å²) in [6.45, 7) is 0. The van der Waals surface area contributed by atoms with Gasteiger partial charge in [0.25, 0.3) is 5.91 Å². The topological polar surface area (TPSA) is 64.0 Å². The van der Waals surface area contributed by atoms with Crippen molar-refractivity contribution in [3.8, 4) is 11.5 Å². The Morgan fingerprint density at radius 2 is 1.67 bits per heavy atom. The summed E-state index contributed by atoms with van der Waals surface area (Å²) in [4.78, 5) is 17.2. The van der Waals surface area contributed by atoms with Crippen LogP contribution in [-0.4, -0.2) is 30.8 Å². The number of ether oxygens (including phenoxy) is 2. The number of hydrogen-bond donors (Lipinski definition) is 0. The van der Waals surface area contributed by atoms with Gasteiger partial charge in [0.2, 0.25) is 0 Å². The van der Waals surface area contributed by atoms with Crippen molar-refractivity contribution in [3.05, 3.63) is 48.3 Å². The first-order chi connectivity index (χ1) is 13.2. The third-order valence-corrected chi connectivity index (χ3v) is 5.44. The highest BCUT2D eigenvalue weighted by atomic mass is 16.5. The number of carbonyl (C=O) groups excluding carboxylic acids is 1. The molecule has 140 valence electrons. The van der Waals surface area contributed by atoms with Crippen molar-refractivity contribution in [1.29, 1.82) is 0 Å². The number of methoxy groups -OCH3 is 2. The van der Waals surface area contributed by atoms with Gasteiger partial charge in [-0.15, -0.1) is 0 Å². The number of anilines is 1. The Balaban J connectivity index is 1.81. The maximum atomic E-state index is 13.1. The highest BCUT2D eigenvalue weighted by molar-refractivity contribution is 6.11. The van der Waals surface area contributed by atoms with Crippen LogP contribution in [0.3, 0.4) is 0 Å². The predicted octanol–water partition coefficient (Wildman–Crippen LogP) is 3.66. The van der Waals surface area contributed by atoms with E-state index in [1.165, 1.54) is 0 Å². The molecule has 0 radical (unpaired) electrons. The highest BCUT2D eigenvalue weighted by Gasteiger charge is 2.41. The zero-order valence-corrected chi connectivity index (χ0v) is 15.6. The Morgan fingerprint density at radius 1 is 0.963 bits per heavy atom. The Bertz CT molecular complexity index is 866. The molecular weight excluding hydrogens is 342 g/mol. The van der Waals surface area contributed by atoms with Gasteiger partial charge < -0.3 is 9.47 Å². The van der Waals surface area contributed by atoms with E-state index in [1.807, 2.05) is 30.3 Å². The number of hydrogen-bond acceptors (Lipinski definition) is 5. The van der Waals surface area contributed by atoms with Crippen molar-refractivity contribution < 1.29 is 14.3 Å². The molecule has 0 unspecified atom stereocenters. The largest absolute Gasteiger partial charge is 0.493 e. The standard InChI is InChI=1S/C21H23N3O3/c1-26-18-8-7-14(13-19(18)27-2)20-16-5-3-4-6-17(16)21(25)24(23-20)15-9-11-22-12-10-15/h7-13,16-17H,3-6H2,1-2H3/t16-,17+/m0/s1. The second-order valence-electron chi connectivity index (χ2n) is 6.91. The Hall–Kier alpha value is -2.89. The average molecular weight is 365 g/mol. The van der Waals surface area contributed by atoms with Gasteiger partial charge in [0.1, 0.15) is 0 Å². The van der Waals surface area contributed by atoms with Crippen LogP contribution in [0.1, 0.15) is 31.2 Å². The van der Waals surface area contributed by atoms with Gasteiger partial charge in [0, 0.05) is 29.8 Å². The lowest BCUT2D eigenvalue weighted by Crippen LogP contribution is -2.46. The van der Waals surface area contributed by atoms with Gasteiger partial charge in [-0.3, -0.25) is 9.78 Å². The minimum absolute atomic E-state index is 0.0347. The molecular formula is C21H23N3O3. The molecule has 2 aromatic rings. The van der Waals surface area contributed by atoms with Crippen LogP contribution in [0.2, 0.25) is 0 Å². The maximum Gasteiger partial charge on any atom is 0.251 e. The van der Waals surface area contributed by atoms with Crippen LogP contribution in [0.5, 0.6) is 11.5 Å². The van der Waals surface area contributed by atoms with Crippen molar-refractivity contribution in [2.75, 3.05) is 19.2 Å². The quantitative estimate of drug-likeness (QED) is 0.829. The number of amides is 1. The van der Waals surface area contributed by atoms with Gasteiger partial charge in [0.05, 0.1) is 25.6 Å². The molecule has 0 spiro atoms. The van der Waals surface area contributed by atoms with Crippen molar-refractivity contribution in [3.63, 3.8) is 0 Å². The maximum absolute atomic E-state index is 13.1. The number of pyridine rings is 1. The predicted molar refractivity (Wildman–Crippen MR) is 103 cm³/mol. The first-order valence-electron chi connectivity index (χ1n) is 9.28. The molecule has 1 aliphatic carbocycles. The van der Waals surface area contributed by atoms with Crippen LogP contribution in [0.15, 0.2) is 47.8 Å². The molecule has 27 heavy (non-hydrogen) atoms. The fourth-order valence-corrected chi connectivity index (χ4v) is 4.08. The van der Waals surface area contributed by atoms with Gasteiger partial charge in [-0.2, -0.15) is 5.10 Å². The Morgan fingerprint density at radius 3 is 2.37 bits per heavy atom. The SMILES string of the molecule is COc1ccc(C2=NN(c3ccncc3)C(=O)[C@@H]3CCCC[C@H]23)cc1OC. The summed E-state index contributed by atoms with van der Waals surface area (Å²) in [6.07, 6.45) is 7.44. The summed E-state index contributed by atoms with van der Waals surface area (Å²) >= 11 is 0. The van der Waals surface area contributed by atoms with Gasteiger partial charge in [-0.25, -0.2) is 5.01 Å². The third kappa shape index (κ3) is 3.16. The number of aromatic nitrogens is 1. The fourth-order valence-electron chi connectivity index (χ4n) is 4.08. The van der Waals surface area contributed by atoms with E-state index in [1.54, 1.807) is 31.6 Å². The van der Waals surface area contributed by atoms with Gasteiger partial charge in [0.15, 0.2) is 11.5 Å². The van der Waals surface area contributed by atoms with Crippen LogP contribution >= 0.6 is 0 Å². The molecule has 6 heteroatoms. The van der Waals surface area contributed by atoms with Crippen molar-refractivity contribution in [2.45, 2.75) is 25.7 Å². The first-order valence-corrected chi connectivity index (χ1v) is 9.28. The summed E-state index contributed by atoms with van der Waals surface area (Å²) in [7, 11) is 3.25. The molecule has 2 aliphatic rings. The van der Waals surface area contributed by atoms with E-state index in [4.69, 9.17) is 14.6 Å². The van der Waals surface area contributed by atoms with E-state index in [-0.39, 0.29) is 17.7 Å². The van der Waals surface area contributed by atoms with Crippen LogP contribution in [-0.2, 0) is 4.79 Å². The van der Waals surface area contributed by atoms with Gasteiger partial charge in [-0.1, -0.05) is 12.8 Å². The third-order valence-electron chi connectivity index (χ3n) is 5.44. The summed E-state index contributed by atoms with van der Waals surface area (Å²) in [6, 6.07) is 9.46. The minimum atomic E-state index is -0.0347. The smallest absolute Gasteiger partial charge is 0.251 e. The van der Waals surface area contributed by atoms with E-state index in [9.17, 15) is 4.79 Å². The number of fused-ring (bicyclic) bond motifs is 1. The second-order valence-corrected chi connectivity index (χ2v) is 6.91. The van der Waals surface area contributed by atoms with Gasteiger partial charge >= 0.3 is 0 Å². The van der Waals surface area contributed by atoms with Crippen LogP contribution in [0.25, 0.3) is 0 Å². The highest BCUT2D eigenvalue weighted by Crippen LogP contribution is 2.40. The number of nitrogens with zero attached hydrogens (tertiary/aromatic N) is 3. The molecule has 1 aliphatic heterocycles. The van der Waals surface area contributed by atoms with Crippen molar-refractivity contribution in [2.24, 2.45) is 16.9 Å². The lowest BCUT2D eigenvalue weighted by molar-refractivity contribution is -0.124. The molecule has 2 atom stereocenters. The Kier molecular flexibility index (Phi) is 4.79. The second kappa shape index (κ2) is 7.39. The molecule has 1 amide bonds. The molecule has 1 fully saturated rings. The molecule has 0 N–H and O–H groups in total. The lowest BCUT2D eigenvalue weighted by atomic mass is 9.73. The molecule has 2 heterocycles. The molecule has 1 saturated carbocycles. The monoisotopic (exact) mass is 365 g/mol. The fraction of sp³-hybridized carbons (Fsp3) is 0.381. The molecule has 6 nitrogen and oxygen atoms in total. The molecule has 1 aromatic carbocycles. The van der Waals surface area contributed by atoms with Crippen molar-refractivity contribution in [1.82, 2.24) is 4.98 Å². The summed E-state index contributed by atoms with van der Waals surface area (Å²) in [5, 5.41) is 6.34. The summed E-state index contributed by atoms with van der Waals surface area (Å²) in [5.41, 5.74) is 2.66.